The third kappa shape index (κ3) is 3.10. The van der Waals surface area contributed by atoms with Gasteiger partial charge in [0, 0.05) is 5.75 Å². The highest BCUT2D eigenvalue weighted by molar-refractivity contribution is 7.98. The molecule has 1 N–H and O–H groups in total. The van der Waals surface area contributed by atoms with Gasteiger partial charge < -0.3 is 9.52 Å². The summed E-state index contributed by atoms with van der Waals surface area (Å²) in [6.45, 7) is 3.70. The van der Waals surface area contributed by atoms with Gasteiger partial charge in [0.2, 0.25) is 0 Å². The van der Waals surface area contributed by atoms with E-state index < -0.39 is 5.97 Å². The van der Waals surface area contributed by atoms with Crippen molar-refractivity contribution in [3.05, 3.63) is 23.7 Å². The van der Waals surface area contributed by atoms with Crippen molar-refractivity contribution in [2.75, 3.05) is 5.75 Å². The van der Waals surface area contributed by atoms with E-state index in [1.165, 1.54) is 0 Å². The molecule has 0 bridgehead atoms. The largest absolute Gasteiger partial charge is 0.481 e. The van der Waals surface area contributed by atoms with Crippen LogP contribution in [-0.2, 0) is 10.5 Å². The summed E-state index contributed by atoms with van der Waals surface area (Å²) < 4.78 is 5.24. The van der Waals surface area contributed by atoms with E-state index in [1.807, 2.05) is 13.0 Å². The molecule has 1 heterocycles. The maximum Gasteiger partial charge on any atom is 0.307 e. The highest BCUT2D eigenvalue weighted by atomic mass is 32.2. The lowest BCUT2D eigenvalue weighted by atomic mass is 10.2. The Balaban J connectivity index is 2.29. The molecule has 1 rings (SSSR count). The summed E-state index contributed by atoms with van der Waals surface area (Å²) >= 11 is 1.59. The third-order valence-electron chi connectivity index (χ3n) is 1.99. The molecule has 0 aliphatic heterocycles. The van der Waals surface area contributed by atoms with Crippen molar-refractivity contribution < 1.29 is 14.3 Å². The van der Waals surface area contributed by atoms with Crippen LogP contribution in [0.4, 0.5) is 0 Å². The normalized spacial score (nSPS) is 12.7. The quantitative estimate of drug-likeness (QED) is 0.818. The van der Waals surface area contributed by atoms with Crippen molar-refractivity contribution in [2.24, 2.45) is 5.92 Å². The van der Waals surface area contributed by atoms with Crippen LogP contribution < -0.4 is 0 Å². The molecule has 0 radical (unpaired) electrons. The first-order chi connectivity index (χ1) is 6.61. The Hall–Kier alpha value is -0.900. The van der Waals surface area contributed by atoms with Crippen LogP contribution in [0.25, 0.3) is 0 Å². The van der Waals surface area contributed by atoms with Gasteiger partial charge in [0.1, 0.15) is 5.76 Å². The van der Waals surface area contributed by atoms with Crippen LogP contribution in [-0.4, -0.2) is 16.8 Å². The summed E-state index contributed by atoms with van der Waals surface area (Å²) in [7, 11) is 0. The summed E-state index contributed by atoms with van der Waals surface area (Å²) in [6, 6.07) is 1.91. The number of carboxylic acids is 1. The molecule has 0 saturated carbocycles. The molecule has 0 spiro atoms. The van der Waals surface area contributed by atoms with Gasteiger partial charge in [0.15, 0.2) is 0 Å². The van der Waals surface area contributed by atoms with Gasteiger partial charge in [0.25, 0.3) is 0 Å². The smallest absolute Gasteiger partial charge is 0.307 e. The monoisotopic (exact) mass is 214 g/mol. The molecule has 0 aliphatic rings. The molecule has 3 nitrogen and oxygen atoms in total. The first-order valence-electron chi connectivity index (χ1n) is 4.44. The van der Waals surface area contributed by atoms with Gasteiger partial charge in [-0.25, -0.2) is 0 Å². The van der Waals surface area contributed by atoms with Crippen LogP contribution in [0.5, 0.6) is 0 Å². The van der Waals surface area contributed by atoms with E-state index in [-0.39, 0.29) is 5.92 Å². The fourth-order valence-corrected chi connectivity index (χ4v) is 2.05. The molecule has 0 saturated heterocycles. The SMILES string of the molecule is Cc1ccoc1CSCC(C)C(=O)O. The Labute approximate surface area is 87.5 Å². The third-order valence-corrected chi connectivity index (χ3v) is 3.19. The van der Waals surface area contributed by atoms with Gasteiger partial charge in [-0.1, -0.05) is 6.92 Å². The van der Waals surface area contributed by atoms with Crippen LogP contribution in [0.1, 0.15) is 18.2 Å². The molecule has 1 aromatic heterocycles. The summed E-state index contributed by atoms with van der Waals surface area (Å²) in [4.78, 5) is 10.5. The van der Waals surface area contributed by atoms with Crippen molar-refractivity contribution in [2.45, 2.75) is 19.6 Å². The standard InChI is InChI=1S/C10H14O3S/c1-7-3-4-13-9(7)6-14-5-8(2)10(11)12/h3-4,8H,5-6H2,1-2H3,(H,11,12). The average Bonchev–Trinajstić information content (AvgIpc) is 2.51. The first kappa shape index (κ1) is 11.2. The van der Waals surface area contributed by atoms with Crippen molar-refractivity contribution in [3.8, 4) is 0 Å². The highest BCUT2D eigenvalue weighted by Crippen LogP contribution is 2.18. The number of carboxylic acid groups (broad SMARTS) is 1. The van der Waals surface area contributed by atoms with E-state index in [0.29, 0.717) is 5.75 Å². The van der Waals surface area contributed by atoms with Crippen LogP contribution in [0.2, 0.25) is 0 Å². The predicted molar refractivity (Wildman–Crippen MR) is 56.4 cm³/mol. The maximum atomic E-state index is 10.5. The zero-order valence-corrected chi connectivity index (χ0v) is 9.13. The fourth-order valence-electron chi connectivity index (χ4n) is 0.952. The highest BCUT2D eigenvalue weighted by Gasteiger charge is 2.11. The lowest BCUT2D eigenvalue weighted by Crippen LogP contribution is -2.11. The van der Waals surface area contributed by atoms with Gasteiger partial charge in [-0.15, -0.1) is 0 Å². The molecule has 78 valence electrons. The molecule has 1 atom stereocenters. The molecule has 0 aliphatic carbocycles. The number of carbonyl (C=O) groups is 1. The molecular weight excluding hydrogens is 200 g/mol. The van der Waals surface area contributed by atoms with Gasteiger partial charge >= 0.3 is 5.97 Å². The minimum Gasteiger partial charge on any atom is -0.481 e. The lowest BCUT2D eigenvalue weighted by molar-refractivity contribution is -0.140. The average molecular weight is 214 g/mol. The second kappa shape index (κ2) is 5.10. The molecule has 0 amide bonds. The first-order valence-corrected chi connectivity index (χ1v) is 5.60. The number of hydrogen-bond acceptors (Lipinski definition) is 3. The number of aryl methyl sites for hydroxylation is 1. The zero-order valence-electron chi connectivity index (χ0n) is 8.32. The van der Waals surface area contributed by atoms with Gasteiger partial charge in [-0.3, -0.25) is 4.79 Å². The van der Waals surface area contributed by atoms with E-state index in [0.717, 1.165) is 17.1 Å². The minimum atomic E-state index is -0.742. The van der Waals surface area contributed by atoms with Crippen molar-refractivity contribution in [1.29, 1.82) is 0 Å². The topological polar surface area (TPSA) is 50.4 Å². The number of furan rings is 1. The lowest BCUT2D eigenvalue weighted by Gasteiger charge is -2.04. The van der Waals surface area contributed by atoms with Gasteiger partial charge in [0.05, 0.1) is 17.9 Å². The Morgan fingerprint density at radius 1 is 1.71 bits per heavy atom. The van der Waals surface area contributed by atoms with Crippen molar-refractivity contribution in [1.82, 2.24) is 0 Å². The molecule has 4 heteroatoms. The Morgan fingerprint density at radius 2 is 2.43 bits per heavy atom. The van der Waals surface area contributed by atoms with E-state index in [4.69, 9.17) is 9.52 Å². The van der Waals surface area contributed by atoms with Crippen molar-refractivity contribution in [3.63, 3.8) is 0 Å². The van der Waals surface area contributed by atoms with E-state index in [9.17, 15) is 4.79 Å². The van der Waals surface area contributed by atoms with Gasteiger partial charge in [-0.2, -0.15) is 11.8 Å². The molecule has 1 aromatic rings. The molecular formula is C10H14O3S. The summed E-state index contributed by atoms with van der Waals surface area (Å²) in [5.74, 6) is 1.27. The van der Waals surface area contributed by atoms with E-state index in [1.54, 1.807) is 24.9 Å². The summed E-state index contributed by atoms with van der Waals surface area (Å²) in [5, 5.41) is 8.66. The van der Waals surface area contributed by atoms with E-state index in [2.05, 4.69) is 0 Å². The second-order valence-corrected chi connectivity index (χ2v) is 4.31. The number of hydrogen-bond donors (Lipinski definition) is 1. The predicted octanol–water partition coefficient (Wildman–Crippen LogP) is 2.54. The van der Waals surface area contributed by atoms with Gasteiger partial charge in [-0.05, 0) is 18.6 Å². The Bertz CT molecular complexity index is 306. The zero-order chi connectivity index (χ0) is 10.6. The maximum absolute atomic E-state index is 10.5. The Morgan fingerprint density at radius 3 is 2.93 bits per heavy atom. The molecule has 14 heavy (non-hydrogen) atoms. The number of thioether (sulfide) groups is 1. The summed E-state index contributed by atoms with van der Waals surface area (Å²) in [6.07, 6.45) is 1.66. The summed E-state index contributed by atoms with van der Waals surface area (Å²) in [5.41, 5.74) is 1.13. The van der Waals surface area contributed by atoms with Crippen molar-refractivity contribution >= 4 is 17.7 Å². The van der Waals surface area contributed by atoms with Crippen LogP contribution in [0.15, 0.2) is 16.7 Å². The van der Waals surface area contributed by atoms with E-state index >= 15 is 0 Å². The van der Waals surface area contributed by atoms with Crippen LogP contribution >= 0.6 is 11.8 Å². The molecule has 1 unspecified atom stereocenters. The fraction of sp³-hybridized carbons (Fsp3) is 0.500. The minimum absolute atomic E-state index is 0.296. The van der Waals surface area contributed by atoms with Crippen LogP contribution in [0, 0.1) is 12.8 Å². The molecule has 0 fully saturated rings. The number of aliphatic carboxylic acids is 1. The van der Waals surface area contributed by atoms with Crippen LogP contribution in [0.3, 0.4) is 0 Å². The Kier molecular flexibility index (Phi) is 4.07. The number of rotatable bonds is 5. The molecule has 0 aromatic carbocycles. The second-order valence-electron chi connectivity index (χ2n) is 3.28.